The number of aromatic nitrogens is 2. The Morgan fingerprint density at radius 2 is 2.00 bits per heavy atom. The van der Waals surface area contributed by atoms with Gasteiger partial charge in [-0.1, -0.05) is 13.3 Å². The highest BCUT2D eigenvalue weighted by Crippen LogP contribution is 2.19. The summed E-state index contributed by atoms with van der Waals surface area (Å²) in [6.07, 6.45) is 3.02. The van der Waals surface area contributed by atoms with Crippen molar-refractivity contribution < 1.29 is 13.2 Å². The van der Waals surface area contributed by atoms with Crippen molar-refractivity contribution in [2.75, 3.05) is 18.8 Å². The number of unbranched alkanes of at least 4 members (excludes halogenated alkanes) is 1. The maximum atomic E-state index is 12.1. The predicted octanol–water partition coefficient (Wildman–Crippen LogP) is 1.76. The van der Waals surface area contributed by atoms with Crippen LogP contribution in [0.4, 0.5) is 0 Å². The Hall–Kier alpha value is -1.21. The summed E-state index contributed by atoms with van der Waals surface area (Å²) in [4.78, 5) is 0. The van der Waals surface area contributed by atoms with Crippen LogP contribution in [0.5, 0.6) is 5.88 Å². The Labute approximate surface area is 126 Å². The summed E-state index contributed by atoms with van der Waals surface area (Å²) < 4.78 is 31.6. The number of rotatable bonds is 6. The van der Waals surface area contributed by atoms with Crippen LogP contribution in [-0.2, 0) is 10.0 Å². The molecular formula is C14H23N3O3S. The second-order valence-corrected chi connectivity index (χ2v) is 7.49. The molecule has 0 aliphatic carbocycles. The summed E-state index contributed by atoms with van der Waals surface area (Å²) in [6.45, 7) is 4.92. The van der Waals surface area contributed by atoms with Gasteiger partial charge in [0.05, 0.1) is 11.4 Å². The van der Waals surface area contributed by atoms with Gasteiger partial charge in [0.15, 0.2) is 0 Å². The normalized spacial score (nSPS) is 17.8. The van der Waals surface area contributed by atoms with Crippen molar-refractivity contribution in [3.63, 3.8) is 0 Å². The van der Waals surface area contributed by atoms with E-state index in [2.05, 4.69) is 10.2 Å². The van der Waals surface area contributed by atoms with Crippen LogP contribution < -0.4 is 4.74 Å². The molecule has 0 atom stereocenters. The number of hydrogen-bond acceptors (Lipinski definition) is 5. The molecule has 0 unspecified atom stereocenters. The SMILES string of the molecule is CCCCS(=O)(=O)N1CCC(Oc2ccc(C)nn2)CC1. The first-order valence-electron chi connectivity index (χ1n) is 7.46. The van der Waals surface area contributed by atoms with Gasteiger partial charge in [-0.3, -0.25) is 0 Å². The van der Waals surface area contributed by atoms with Gasteiger partial charge >= 0.3 is 0 Å². The van der Waals surface area contributed by atoms with Gasteiger partial charge in [0.25, 0.3) is 0 Å². The Kier molecular flexibility index (Phi) is 5.52. The molecule has 0 spiro atoms. The maximum absolute atomic E-state index is 12.1. The second kappa shape index (κ2) is 7.17. The molecule has 118 valence electrons. The highest BCUT2D eigenvalue weighted by Gasteiger charge is 2.28. The minimum absolute atomic E-state index is 0.0135. The first-order chi connectivity index (χ1) is 10.0. The van der Waals surface area contributed by atoms with Gasteiger partial charge in [-0.15, -0.1) is 5.10 Å². The zero-order chi connectivity index (χ0) is 15.3. The largest absolute Gasteiger partial charge is 0.473 e. The Morgan fingerprint density at radius 1 is 1.29 bits per heavy atom. The summed E-state index contributed by atoms with van der Waals surface area (Å²) >= 11 is 0. The monoisotopic (exact) mass is 313 g/mol. The van der Waals surface area contributed by atoms with Crippen molar-refractivity contribution in [3.8, 4) is 5.88 Å². The second-order valence-electron chi connectivity index (χ2n) is 5.40. The summed E-state index contributed by atoms with van der Waals surface area (Å²) in [7, 11) is -3.10. The van der Waals surface area contributed by atoms with E-state index in [0.29, 0.717) is 31.8 Å². The lowest BCUT2D eigenvalue weighted by Gasteiger charge is -2.31. The van der Waals surface area contributed by atoms with Gasteiger partial charge in [-0.05, 0) is 32.3 Å². The summed E-state index contributed by atoms with van der Waals surface area (Å²) in [5, 5.41) is 7.93. The van der Waals surface area contributed by atoms with Crippen molar-refractivity contribution in [3.05, 3.63) is 17.8 Å². The van der Waals surface area contributed by atoms with E-state index in [-0.39, 0.29) is 11.9 Å². The molecule has 0 N–H and O–H groups in total. The van der Waals surface area contributed by atoms with Crippen LogP contribution in [0.15, 0.2) is 12.1 Å². The van der Waals surface area contributed by atoms with E-state index < -0.39 is 10.0 Å². The van der Waals surface area contributed by atoms with Gasteiger partial charge in [-0.2, -0.15) is 5.10 Å². The number of hydrogen-bond donors (Lipinski definition) is 0. The Morgan fingerprint density at radius 3 is 2.57 bits per heavy atom. The molecule has 2 rings (SSSR count). The van der Waals surface area contributed by atoms with Crippen molar-refractivity contribution in [2.45, 2.75) is 45.6 Å². The topological polar surface area (TPSA) is 72.4 Å². The van der Waals surface area contributed by atoms with Crippen molar-refractivity contribution >= 4 is 10.0 Å². The van der Waals surface area contributed by atoms with E-state index in [1.54, 1.807) is 10.4 Å². The molecule has 2 heterocycles. The van der Waals surface area contributed by atoms with Gasteiger partial charge in [-0.25, -0.2) is 12.7 Å². The van der Waals surface area contributed by atoms with Gasteiger partial charge in [0, 0.05) is 19.2 Å². The molecule has 1 aliphatic heterocycles. The molecule has 0 saturated carbocycles. The minimum atomic E-state index is -3.10. The molecule has 7 heteroatoms. The van der Waals surface area contributed by atoms with Crippen LogP contribution >= 0.6 is 0 Å². The van der Waals surface area contributed by atoms with E-state index in [4.69, 9.17) is 4.74 Å². The molecule has 1 saturated heterocycles. The zero-order valence-electron chi connectivity index (χ0n) is 12.7. The van der Waals surface area contributed by atoms with Crippen molar-refractivity contribution in [1.29, 1.82) is 0 Å². The third-order valence-electron chi connectivity index (χ3n) is 3.61. The Bertz CT molecular complexity index is 537. The number of sulfonamides is 1. The van der Waals surface area contributed by atoms with E-state index in [0.717, 1.165) is 18.5 Å². The van der Waals surface area contributed by atoms with E-state index in [9.17, 15) is 8.42 Å². The lowest BCUT2D eigenvalue weighted by Crippen LogP contribution is -2.42. The first kappa shape index (κ1) is 16.2. The number of piperidine rings is 1. The zero-order valence-corrected chi connectivity index (χ0v) is 13.5. The highest BCUT2D eigenvalue weighted by atomic mass is 32.2. The summed E-state index contributed by atoms with van der Waals surface area (Å²) in [5.41, 5.74) is 0.846. The van der Waals surface area contributed by atoms with Gasteiger partial charge in [0.2, 0.25) is 15.9 Å². The first-order valence-corrected chi connectivity index (χ1v) is 9.07. The number of aryl methyl sites for hydroxylation is 1. The van der Waals surface area contributed by atoms with Crippen LogP contribution in [0.1, 0.15) is 38.3 Å². The molecule has 6 nitrogen and oxygen atoms in total. The average molecular weight is 313 g/mol. The van der Waals surface area contributed by atoms with Gasteiger partial charge < -0.3 is 4.74 Å². The van der Waals surface area contributed by atoms with Crippen molar-refractivity contribution in [2.24, 2.45) is 0 Å². The predicted molar refractivity (Wildman–Crippen MR) is 80.7 cm³/mol. The maximum Gasteiger partial charge on any atom is 0.233 e. The highest BCUT2D eigenvalue weighted by molar-refractivity contribution is 7.89. The fourth-order valence-corrected chi connectivity index (χ4v) is 3.98. The van der Waals surface area contributed by atoms with Crippen LogP contribution in [0.25, 0.3) is 0 Å². The number of ether oxygens (including phenoxy) is 1. The molecule has 1 aromatic rings. The van der Waals surface area contributed by atoms with Crippen LogP contribution in [0.2, 0.25) is 0 Å². The lowest BCUT2D eigenvalue weighted by atomic mass is 10.1. The fraction of sp³-hybridized carbons (Fsp3) is 0.714. The quantitative estimate of drug-likeness (QED) is 0.800. The molecule has 0 amide bonds. The van der Waals surface area contributed by atoms with Crippen molar-refractivity contribution in [1.82, 2.24) is 14.5 Å². The smallest absolute Gasteiger partial charge is 0.233 e. The summed E-state index contributed by atoms with van der Waals surface area (Å²) in [5.74, 6) is 0.756. The fourth-order valence-electron chi connectivity index (χ4n) is 2.30. The molecule has 1 aliphatic rings. The molecule has 1 fully saturated rings. The third-order valence-corrected chi connectivity index (χ3v) is 5.57. The third kappa shape index (κ3) is 4.64. The molecule has 1 aromatic heterocycles. The lowest BCUT2D eigenvalue weighted by molar-refractivity contribution is 0.128. The molecule has 0 aromatic carbocycles. The van der Waals surface area contributed by atoms with E-state index in [1.807, 2.05) is 19.9 Å². The Balaban J connectivity index is 1.84. The van der Waals surface area contributed by atoms with Crippen LogP contribution in [0.3, 0.4) is 0 Å². The summed E-state index contributed by atoms with van der Waals surface area (Å²) in [6, 6.07) is 3.65. The van der Waals surface area contributed by atoms with E-state index >= 15 is 0 Å². The molecule has 0 radical (unpaired) electrons. The molecule has 0 bridgehead atoms. The van der Waals surface area contributed by atoms with E-state index in [1.165, 1.54) is 0 Å². The average Bonchev–Trinajstić information content (AvgIpc) is 2.48. The number of nitrogens with zero attached hydrogens (tertiary/aromatic N) is 3. The standard InChI is InChI=1S/C14H23N3O3S/c1-3-4-11-21(18,19)17-9-7-13(8-10-17)20-14-6-5-12(2)15-16-14/h5-6,13H,3-4,7-11H2,1-2H3. The van der Waals surface area contributed by atoms with Crippen LogP contribution in [0, 0.1) is 6.92 Å². The van der Waals surface area contributed by atoms with Gasteiger partial charge in [0.1, 0.15) is 6.10 Å². The molecule has 21 heavy (non-hydrogen) atoms. The van der Waals surface area contributed by atoms with Crippen LogP contribution in [-0.4, -0.2) is 47.9 Å². The molecular weight excluding hydrogens is 290 g/mol. The minimum Gasteiger partial charge on any atom is -0.473 e.